The van der Waals surface area contributed by atoms with Gasteiger partial charge in [-0.2, -0.15) is 13.2 Å². The summed E-state index contributed by atoms with van der Waals surface area (Å²) in [6.45, 7) is 1.07. The third-order valence-corrected chi connectivity index (χ3v) is 5.93. The zero-order valence-corrected chi connectivity index (χ0v) is 17.7. The second-order valence-electron chi connectivity index (χ2n) is 7.16. The monoisotopic (exact) mass is 496 g/mol. The minimum absolute atomic E-state index is 0.00140. The molecule has 0 bridgehead atoms. The molecular formula is C19H15Cl2F5N4O2. The first-order valence-corrected chi connectivity index (χ1v) is 9.78. The van der Waals surface area contributed by atoms with E-state index in [4.69, 9.17) is 28.9 Å². The topological polar surface area (TPSA) is 88.3 Å². The number of hydrogen-bond donors (Lipinski definition) is 2. The predicted octanol–water partition coefficient (Wildman–Crippen LogP) is 4.09. The molecule has 1 unspecified atom stereocenters. The van der Waals surface area contributed by atoms with Crippen molar-refractivity contribution in [3.05, 3.63) is 62.9 Å². The predicted molar refractivity (Wildman–Crippen MR) is 105 cm³/mol. The van der Waals surface area contributed by atoms with Crippen LogP contribution in [0.2, 0.25) is 10.0 Å². The van der Waals surface area contributed by atoms with Crippen molar-refractivity contribution in [3.63, 3.8) is 0 Å². The lowest BCUT2D eigenvalue weighted by Gasteiger charge is -2.47. The number of pyridine rings is 1. The molecule has 3 N–H and O–H groups in total. The lowest BCUT2D eigenvalue weighted by Crippen LogP contribution is -2.68. The normalized spacial score (nSPS) is 20.1. The molecule has 32 heavy (non-hydrogen) atoms. The van der Waals surface area contributed by atoms with E-state index in [1.165, 1.54) is 6.92 Å². The van der Waals surface area contributed by atoms with Crippen LogP contribution in [-0.4, -0.2) is 40.5 Å². The highest BCUT2D eigenvalue weighted by atomic mass is 35.5. The van der Waals surface area contributed by atoms with Crippen molar-refractivity contribution in [1.29, 1.82) is 0 Å². The fraction of sp³-hybridized carbons (Fsp3) is 0.316. The number of primary amides is 1. The second-order valence-corrected chi connectivity index (χ2v) is 7.94. The highest BCUT2D eigenvalue weighted by Crippen LogP contribution is 2.43. The number of benzene rings is 1. The number of piperazine rings is 1. The molecule has 0 saturated carbocycles. The summed E-state index contributed by atoms with van der Waals surface area (Å²) in [4.78, 5) is 29.5. The van der Waals surface area contributed by atoms with Crippen molar-refractivity contribution in [2.24, 2.45) is 5.73 Å². The number of rotatable bonds is 3. The standard InChI is InChI=1S/C19H15Cl2F5N4O2/c1-18(16(31)28-6-7-30(18)17(27)32)12(8-2-4-10(22)13(21)14(8)23)11-5-3-9(20)15(29-11)19(24,25)26/h2-5,12H,6-7H2,1H3,(H2,27,32)(H,28,31)/t12-,18?/m1/s1. The van der Waals surface area contributed by atoms with Crippen LogP contribution in [-0.2, 0) is 11.0 Å². The van der Waals surface area contributed by atoms with Gasteiger partial charge in [-0.25, -0.2) is 18.6 Å². The highest BCUT2D eigenvalue weighted by Gasteiger charge is 2.53. The molecule has 2 aromatic rings. The molecule has 0 radical (unpaired) electrons. The molecule has 3 amide bonds. The van der Waals surface area contributed by atoms with Crippen molar-refractivity contribution in [2.45, 2.75) is 24.6 Å². The lowest BCUT2D eigenvalue weighted by molar-refractivity contribution is -0.141. The number of amides is 3. The smallest absolute Gasteiger partial charge is 0.352 e. The Morgan fingerprint density at radius 3 is 2.50 bits per heavy atom. The molecule has 172 valence electrons. The molecular weight excluding hydrogens is 482 g/mol. The molecule has 1 aromatic carbocycles. The van der Waals surface area contributed by atoms with Crippen LogP contribution in [0.1, 0.15) is 29.8 Å². The van der Waals surface area contributed by atoms with E-state index in [9.17, 15) is 27.2 Å². The molecule has 0 spiro atoms. The van der Waals surface area contributed by atoms with Crippen LogP contribution in [0.3, 0.4) is 0 Å². The fourth-order valence-electron chi connectivity index (χ4n) is 3.77. The minimum atomic E-state index is -4.98. The Labute approximate surface area is 188 Å². The van der Waals surface area contributed by atoms with Crippen LogP contribution < -0.4 is 11.1 Å². The first-order chi connectivity index (χ1) is 14.8. The average molecular weight is 497 g/mol. The Hall–Kier alpha value is -2.66. The van der Waals surface area contributed by atoms with Gasteiger partial charge in [0.15, 0.2) is 5.69 Å². The van der Waals surface area contributed by atoms with Crippen molar-refractivity contribution in [3.8, 4) is 0 Å². The van der Waals surface area contributed by atoms with E-state index in [-0.39, 0.29) is 13.1 Å². The summed E-state index contributed by atoms with van der Waals surface area (Å²) in [6, 6.07) is 2.54. The summed E-state index contributed by atoms with van der Waals surface area (Å²) < 4.78 is 69.2. The first kappa shape index (κ1) is 24.0. The molecule has 3 rings (SSSR count). The number of nitrogens with one attached hydrogen (secondary N) is 1. The number of carbonyl (C=O) groups is 2. The Morgan fingerprint density at radius 1 is 1.25 bits per heavy atom. The molecule has 6 nitrogen and oxygen atoms in total. The summed E-state index contributed by atoms with van der Waals surface area (Å²) in [7, 11) is 0. The number of urea groups is 1. The van der Waals surface area contributed by atoms with E-state index in [0.29, 0.717) is 0 Å². The van der Waals surface area contributed by atoms with E-state index in [2.05, 4.69) is 10.3 Å². The maximum atomic E-state index is 15.1. The van der Waals surface area contributed by atoms with Gasteiger partial charge >= 0.3 is 12.2 Å². The summed E-state index contributed by atoms with van der Waals surface area (Å²) >= 11 is 11.3. The number of carbonyl (C=O) groups excluding carboxylic acids is 2. The van der Waals surface area contributed by atoms with Gasteiger partial charge in [-0.1, -0.05) is 29.3 Å². The molecule has 0 aliphatic carbocycles. The Kier molecular flexibility index (Phi) is 6.27. The van der Waals surface area contributed by atoms with Crippen molar-refractivity contribution < 1.29 is 31.5 Å². The van der Waals surface area contributed by atoms with Gasteiger partial charge in [0, 0.05) is 18.7 Å². The van der Waals surface area contributed by atoms with Crippen LogP contribution in [0.25, 0.3) is 0 Å². The number of halogens is 7. The summed E-state index contributed by atoms with van der Waals surface area (Å²) in [5.74, 6) is -4.95. The van der Waals surface area contributed by atoms with Gasteiger partial charge < -0.3 is 16.0 Å². The second kappa shape index (κ2) is 8.36. The van der Waals surface area contributed by atoms with Gasteiger partial charge in [0.25, 0.3) is 0 Å². The Bertz CT molecular complexity index is 1100. The molecule has 1 fully saturated rings. The third-order valence-electron chi connectivity index (χ3n) is 5.28. The molecule has 2 heterocycles. The van der Waals surface area contributed by atoms with E-state index in [0.717, 1.165) is 29.2 Å². The molecule has 1 aliphatic rings. The zero-order chi connectivity index (χ0) is 24.0. The van der Waals surface area contributed by atoms with Crippen LogP contribution >= 0.6 is 23.2 Å². The van der Waals surface area contributed by atoms with Gasteiger partial charge in [0.2, 0.25) is 5.91 Å². The third kappa shape index (κ3) is 3.95. The van der Waals surface area contributed by atoms with E-state index < -0.39 is 68.2 Å². The summed E-state index contributed by atoms with van der Waals surface area (Å²) in [5.41, 5.74) is 0.957. The first-order valence-electron chi connectivity index (χ1n) is 9.02. The quantitative estimate of drug-likeness (QED) is 0.495. The van der Waals surface area contributed by atoms with Crippen molar-refractivity contribution >= 4 is 35.1 Å². The van der Waals surface area contributed by atoms with Crippen LogP contribution in [0.4, 0.5) is 26.7 Å². The number of aromatic nitrogens is 1. The number of nitrogens with zero attached hydrogens (tertiary/aromatic N) is 2. The highest BCUT2D eigenvalue weighted by molar-refractivity contribution is 6.31. The van der Waals surface area contributed by atoms with Gasteiger partial charge in [-0.15, -0.1) is 0 Å². The average Bonchev–Trinajstić information content (AvgIpc) is 2.70. The van der Waals surface area contributed by atoms with Crippen LogP contribution in [0, 0.1) is 11.6 Å². The fourth-order valence-corrected chi connectivity index (χ4v) is 4.16. The van der Waals surface area contributed by atoms with Crippen LogP contribution in [0.15, 0.2) is 24.3 Å². The Balaban J connectivity index is 2.37. The van der Waals surface area contributed by atoms with Crippen LogP contribution in [0.5, 0.6) is 0 Å². The molecule has 1 aromatic heterocycles. The van der Waals surface area contributed by atoms with Gasteiger partial charge in [0.1, 0.15) is 22.2 Å². The molecule has 2 atom stereocenters. The van der Waals surface area contributed by atoms with Gasteiger partial charge in [-0.05, 0) is 25.1 Å². The number of alkyl halides is 3. The van der Waals surface area contributed by atoms with Crippen molar-refractivity contribution in [1.82, 2.24) is 15.2 Å². The van der Waals surface area contributed by atoms with Gasteiger partial charge in [-0.3, -0.25) is 4.79 Å². The van der Waals surface area contributed by atoms with Gasteiger partial charge in [0.05, 0.1) is 16.6 Å². The SMILES string of the molecule is CC1([C@@H](c2ccc(Cl)c(C(F)(F)F)n2)c2ccc(F)c(Cl)c2F)C(=O)NCCN1C(N)=O. The summed E-state index contributed by atoms with van der Waals surface area (Å²) in [5, 5.41) is 0.810. The van der Waals surface area contributed by atoms with E-state index in [1.54, 1.807) is 0 Å². The molecule has 13 heteroatoms. The lowest BCUT2D eigenvalue weighted by atomic mass is 9.75. The molecule has 1 aliphatic heterocycles. The minimum Gasteiger partial charge on any atom is -0.352 e. The van der Waals surface area contributed by atoms with Crippen molar-refractivity contribution in [2.75, 3.05) is 13.1 Å². The maximum Gasteiger partial charge on any atom is 0.434 e. The number of nitrogens with two attached hydrogens (primary N) is 1. The van der Waals surface area contributed by atoms with E-state index >= 15 is 4.39 Å². The Morgan fingerprint density at radius 2 is 1.91 bits per heavy atom. The largest absolute Gasteiger partial charge is 0.434 e. The number of hydrogen-bond acceptors (Lipinski definition) is 3. The van der Waals surface area contributed by atoms with E-state index in [1.807, 2.05) is 0 Å². The zero-order valence-electron chi connectivity index (χ0n) is 16.2. The maximum absolute atomic E-state index is 15.1. The summed E-state index contributed by atoms with van der Waals surface area (Å²) in [6.07, 6.45) is -4.98. The molecule has 1 saturated heterocycles.